The smallest absolute Gasteiger partial charge is 0.215 e. The zero-order valence-corrected chi connectivity index (χ0v) is 8.91. The van der Waals surface area contributed by atoms with Gasteiger partial charge in [0.1, 0.15) is 0 Å². The Bertz CT molecular complexity index is 273. The van der Waals surface area contributed by atoms with Gasteiger partial charge in [-0.2, -0.15) is 9.49 Å². The van der Waals surface area contributed by atoms with Gasteiger partial charge in [0.2, 0.25) is 5.95 Å². The van der Waals surface area contributed by atoms with Crippen LogP contribution in [0.25, 0.3) is 0 Å². The van der Waals surface area contributed by atoms with E-state index in [0.29, 0.717) is 12.1 Å². The Morgan fingerprint density at radius 2 is 2.15 bits per heavy atom. The zero-order valence-electron chi connectivity index (χ0n) is 8.09. The van der Waals surface area contributed by atoms with Gasteiger partial charge in [0.15, 0.2) is 0 Å². The van der Waals surface area contributed by atoms with E-state index in [1.807, 2.05) is 13.8 Å². The van der Waals surface area contributed by atoms with E-state index in [4.69, 9.17) is 0 Å². The molecule has 0 aliphatic heterocycles. The van der Waals surface area contributed by atoms with Gasteiger partial charge in [0.05, 0.1) is 5.69 Å². The van der Waals surface area contributed by atoms with E-state index in [1.54, 1.807) is 7.05 Å². The third-order valence-electron chi connectivity index (χ3n) is 1.82. The second-order valence-electron chi connectivity index (χ2n) is 2.76. The fourth-order valence-corrected chi connectivity index (χ4v) is 1.12. The standard InChI is InChI=1S/C8H14FN3.ClH/c1-4-10-5-7-6(2)11-12(3)8(7)9;/h10H,4-5H2,1-3H3;1H. The molecule has 0 fully saturated rings. The molecular formula is C8H15ClFN3. The van der Waals surface area contributed by atoms with Crippen LogP contribution in [0.1, 0.15) is 18.2 Å². The molecule has 3 nitrogen and oxygen atoms in total. The molecule has 76 valence electrons. The lowest BCUT2D eigenvalue weighted by atomic mass is 10.2. The summed E-state index contributed by atoms with van der Waals surface area (Å²) >= 11 is 0. The van der Waals surface area contributed by atoms with Gasteiger partial charge in [-0.3, -0.25) is 0 Å². The molecule has 1 aromatic heterocycles. The summed E-state index contributed by atoms with van der Waals surface area (Å²) in [6.45, 7) is 5.20. The van der Waals surface area contributed by atoms with Gasteiger partial charge >= 0.3 is 0 Å². The van der Waals surface area contributed by atoms with Crippen molar-refractivity contribution < 1.29 is 4.39 Å². The van der Waals surface area contributed by atoms with Crippen LogP contribution in [0, 0.1) is 12.9 Å². The number of halogens is 2. The minimum absolute atomic E-state index is 0. The highest BCUT2D eigenvalue weighted by Crippen LogP contribution is 2.09. The van der Waals surface area contributed by atoms with E-state index in [-0.39, 0.29) is 18.4 Å². The average Bonchev–Trinajstić information content (AvgIpc) is 2.25. The van der Waals surface area contributed by atoms with E-state index >= 15 is 0 Å². The Balaban J connectivity index is 0.00000144. The first-order valence-electron chi connectivity index (χ1n) is 4.05. The highest BCUT2D eigenvalue weighted by Gasteiger charge is 2.10. The van der Waals surface area contributed by atoms with Crippen molar-refractivity contribution in [1.29, 1.82) is 0 Å². The third-order valence-corrected chi connectivity index (χ3v) is 1.82. The van der Waals surface area contributed by atoms with Crippen molar-refractivity contribution in [3.05, 3.63) is 17.2 Å². The van der Waals surface area contributed by atoms with Gasteiger partial charge in [-0.1, -0.05) is 6.92 Å². The number of aryl methyl sites for hydroxylation is 2. The summed E-state index contributed by atoms with van der Waals surface area (Å²) in [6, 6.07) is 0. The molecule has 13 heavy (non-hydrogen) atoms. The molecule has 0 atom stereocenters. The van der Waals surface area contributed by atoms with Crippen LogP contribution in [-0.2, 0) is 13.6 Å². The molecule has 0 saturated carbocycles. The lowest BCUT2D eigenvalue weighted by molar-refractivity contribution is 0.490. The van der Waals surface area contributed by atoms with Crippen LogP contribution in [0.3, 0.4) is 0 Å². The van der Waals surface area contributed by atoms with Gasteiger partial charge in [-0.15, -0.1) is 12.4 Å². The predicted molar refractivity (Wildman–Crippen MR) is 52.5 cm³/mol. The summed E-state index contributed by atoms with van der Waals surface area (Å²) in [7, 11) is 1.61. The molecule has 0 bridgehead atoms. The molecule has 1 rings (SSSR count). The number of aromatic nitrogens is 2. The average molecular weight is 208 g/mol. The molecule has 5 heteroatoms. The third kappa shape index (κ3) is 2.67. The largest absolute Gasteiger partial charge is 0.313 e. The van der Waals surface area contributed by atoms with Crippen LogP contribution in [0.4, 0.5) is 4.39 Å². The highest BCUT2D eigenvalue weighted by molar-refractivity contribution is 5.85. The molecule has 0 unspecified atom stereocenters. The molecule has 0 radical (unpaired) electrons. The lowest BCUT2D eigenvalue weighted by Crippen LogP contribution is -2.13. The second kappa shape index (κ2) is 5.19. The van der Waals surface area contributed by atoms with Crippen molar-refractivity contribution in [3.63, 3.8) is 0 Å². The Kier molecular flexibility index (Phi) is 4.95. The number of rotatable bonds is 3. The lowest BCUT2D eigenvalue weighted by Gasteiger charge is -1.99. The summed E-state index contributed by atoms with van der Waals surface area (Å²) < 4.78 is 14.5. The molecule has 0 spiro atoms. The highest BCUT2D eigenvalue weighted by atomic mass is 35.5. The van der Waals surface area contributed by atoms with Crippen molar-refractivity contribution in [1.82, 2.24) is 15.1 Å². The number of hydrogen-bond donors (Lipinski definition) is 1. The van der Waals surface area contributed by atoms with Crippen molar-refractivity contribution in [3.8, 4) is 0 Å². The normalized spacial score (nSPS) is 9.85. The van der Waals surface area contributed by atoms with Crippen molar-refractivity contribution in [2.45, 2.75) is 20.4 Å². The fourth-order valence-electron chi connectivity index (χ4n) is 1.12. The maximum absolute atomic E-state index is 13.2. The maximum atomic E-state index is 13.2. The Morgan fingerprint density at radius 1 is 1.54 bits per heavy atom. The topological polar surface area (TPSA) is 29.9 Å². The van der Waals surface area contributed by atoms with Crippen LogP contribution in [0.2, 0.25) is 0 Å². The van der Waals surface area contributed by atoms with E-state index < -0.39 is 0 Å². The van der Waals surface area contributed by atoms with Crippen LogP contribution in [0.5, 0.6) is 0 Å². The van der Waals surface area contributed by atoms with Crippen LogP contribution < -0.4 is 5.32 Å². The first-order valence-corrected chi connectivity index (χ1v) is 4.05. The first kappa shape index (κ1) is 12.4. The molecule has 0 saturated heterocycles. The molecular weight excluding hydrogens is 193 g/mol. The number of nitrogens with one attached hydrogen (secondary N) is 1. The summed E-state index contributed by atoms with van der Waals surface area (Å²) in [5.74, 6) is -0.242. The fraction of sp³-hybridized carbons (Fsp3) is 0.625. The van der Waals surface area contributed by atoms with Crippen LogP contribution >= 0.6 is 12.4 Å². The number of nitrogens with zero attached hydrogens (tertiary/aromatic N) is 2. The number of hydrogen-bond acceptors (Lipinski definition) is 2. The minimum atomic E-state index is -0.242. The van der Waals surface area contributed by atoms with Gasteiger partial charge < -0.3 is 5.32 Å². The second-order valence-corrected chi connectivity index (χ2v) is 2.76. The van der Waals surface area contributed by atoms with Crippen molar-refractivity contribution in [2.75, 3.05) is 6.54 Å². The summed E-state index contributed by atoms with van der Waals surface area (Å²) in [5.41, 5.74) is 1.43. The first-order chi connectivity index (χ1) is 5.66. The molecule has 0 amide bonds. The molecule has 1 N–H and O–H groups in total. The van der Waals surface area contributed by atoms with Crippen molar-refractivity contribution in [2.24, 2.45) is 7.05 Å². The van der Waals surface area contributed by atoms with Gasteiger partial charge in [-0.05, 0) is 13.5 Å². The van der Waals surface area contributed by atoms with Gasteiger partial charge in [0, 0.05) is 19.2 Å². The molecule has 1 heterocycles. The minimum Gasteiger partial charge on any atom is -0.313 e. The van der Waals surface area contributed by atoms with Crippen LogP contribution in [-0.4, -0.2) is 16.3 Å². The Labute approximate surface area is 83.7 Å². The Morgan fingerprint density at radius 3 is 2.54 bits per heavy atom. The SMILES string of the molecule is CCNCc1c(C)nn(C)c1F.Cl. The van der Waals surface area contributed by atoms with Crippen LogP contribution in [0.15, 0.2) is 0 Å². The van der Waals surface area contributed by atoms with E-state index in [0.717, 1.165) is 12.2 Å². The van der Waals surface area contributed by atoms with E-state index in [1.165, 1.54) is 4.68 Å². The van der Waals surface area contributed by atoms with Gasteiger partial charge in [-0.25, -0.2) is 4.68 Å². The van der Waals surface area contributed by atoms with Gasteiger partial charge in [0.25, 0.3) is 0 Å². The maximum Gasteiger partial charge on any atom is 0.215 e. The monoisotopic (exact) mass is 207 g/mol. The summed E-state index contributed by atoms with van der Waals surface area (Å²) in [6.07, 6.45) is 0. The summed E-state index contributed by atoms with van der Waals surface area (Å²) in [4.78, 5) is 0. The quantitative estimate of drug-likeness (QED) is 0.812. The zero-order chi connectivity index (χ0) is 9.14. The summed E-state index contributed by atoms with van der Waals surface area (Å²) in [5, 5.41) is 7.03. The molecule has 0 aliphatic carbocycles. The van der Waals surface area contributed by atoms with Crippen molar-refractivity contribution >= 4 is 12.4 Å². The van der Waals surface area contributed by atoms with E-state index in [9.17, 15) is 4.39 Å². The predicted octanol–water partition coefficient (Wildman–Crippen LogP) is 1.40. The molecule has 0 aromatic carbocycles. The molecule has 0 aliphatic rings. The van der Waals surface area contributed by atoms with E-state index in [2.05, 4.69) is 10.4 Å². The molecule has 1 aromatic rings. The Hall–Kier alpha value is -0.610.